The number of esters is 1. The predicted octanol–water partition coefficient (Wildman–Crippen LogP) is 1.69. The highest BCUT2D eigenvalue weighted by Crippen LogP contribution is 2.10. The van der Waals surface area contributed by atoms with Crippen molar-refractivity contribution in [2.45, 2.75) is 20.0 Å². The van der Waals surface area contributed by atoms with Gasteiger partial charge in [-0.2, -0.15) is 5.10 Å². The van der Waals surface area contributed by atoms with Crippen LogP contribution in [0.4, 0.5) is 0 Å². The summed E-state index contributed by atoms with van der Waals surface area (Å²) in [6, 6.07) is 0. The maximum absolute atomic E-state index is 11.6. The lowest BCUT2D eigenvalue weighted by Gasteiger charge is -2.06. The summed E-state index contributed by atoms with van der Waals surface area (Å²) in [5, 5.41) is 4.03. The van der Waals surface area contributed by atoms with Gasteiger partial charge in [-0.15, -0.1) is 6.58 Å². The number of hydrogen-bond donors (Lipinski definition) is 0. The molecule has 0 amide bonds. The fourth-order valence-corrected chi connectivity index (χ4v) is 1.35. The third-order valence-electron chi connectivity index (χ3n) is 2.26. The second-order valence-electron chi connectivity index (χ2n) is 3.48. The van der Waals surface area contributed by atoms with Crippen LogP contribution in [-0.4, -0.2) is 29.0 Å². The molecule has 17 heavy (non-hydrogen) atoms. The van der Waals surface area contributed by atoms with Gasteiger partial charge in [0.25, 0.3) is 0 Å². The van der Waals surface area contributed by atoms with E-state index in [0.29, 0.717) is 25.4 Å². The molecule has 0 N–H and O–H groups in total. The Morgan fingerprint density at radius 1 is 1.65 bits per heavy atom. The van der Waals surface area contributed by atoms with Gasteiger partial charge in [-0.3, -0.25) is 4.68 Å². The second-order valence-corrected chi connectivity index (χ2v) is 3.48. The van der Waals surface area contributed by atoms with Crippen molar-refractivity contribution in [1.82, 2.24) is 9.78 Å². The minimum absolute atomic E-state index is 0.346. The summed E-state index contributed by atoms with van der Waals surface area (Å²) in [4.78, 5) is 11.6. The average Bonchev–Trinajstić information content (AvgIpc) is 2.67. The highest BCUT2D eigenvalue weighted by molar-refractivity contribution is 5.90. The predicted molar refractivity (Wildman–Crippen MR) is 63.6 cm³/mol. The smallest absolute Gasteiger partial charge is 0.341 e. The molecule has 0 saturated carbocycles. The summed E-state index contributed by atoms with van der Waals surface area (Å²) in [7, 11) is 1.77. The molecule has 0 unspecified atom stereocenters. The topological polar surface area (TPSA) is 53.4 Å². The summed E-state index contributed by atoms with van der Waals surface area (Å²) >= 11 is 0. The highest BCUT2D eigenvalue weighted by atomic mass is 16.5. The highest BCUT2D eigenvalue weighted by Gasteiger charge is 2.16. The number of nitrogens with zero attached hydrogens (tertiary/aromatic N) is 2. The summed E-state index contributed by atoms with van der Waals surface area (Å²) < 4.78 is 12.0. The summed E-state index contributed by atoms with van der Waals surface area (Å²) in [6.45, 7) is 6.66. The van der Waals surface area contributed by atoms with Crippen molar-refractivity contribution < 1.29 is 14.3 Å². The van der Waals surface area contributed by atoms with Crippen molar-refractivity contribution in [2.24, 2.45) is 7.05 Å². The number of ether oxygens (including phenoxy) is 2. The largest absolute Gasteiger partial charge is 0.462 e. The van der Waals surface area contributed by atoms with Crippen LogP contribution in [0.3, 0.4) is 0 Å². The normalized spacial score (nSPS) is 10.2. The van der Waals surface area contributed by atoms with Crippen LogP contribution in [0.25, 0.3) is 0 Å². The Kier molecular flexibility index (Phi) is 5.42. The van der Waals surface area contributed by atoms with Crippen molar-refractivity contribution in [3.8, 4) is 0 Å². The first-order valence-electron chi connectivity index (χ1n) is 5.57. The van der Waals surface area contributed by atoms with E-state index >= 15 is 0 Å². The molecule has 0 aliphatic rings. The summed E-state index contributed by atoms with van der Waals surface area (Å²) in [6.07, 6.45) is 4.08. The van der Waals surface area contributed by atoms with Crippen LogP contribution < -0.4 is 0 Å². The number of carbonyl (C=O) groups excluding carboxylic acids is 1. The zero-order chi connectivity index (χ0) is 12.7. The fourth-order valence-electron chi connectivity index (χ4n) is 1.35. The van der Waals surface area contributed by atoms with Crippen LogP contribution in [0, 0.1) is 0 Å². The van der Waals surface area contributed by atoms with Crippen LogP contribution in [0.1, 0.15) is 29.4 Å². The fraction of sp³-hybridized carbons (Fsp3) is 0.500. The van der Waals surface area contributed by atoms with E-state index in [4.69, 9.17) is 9.47 Å². The minimum atomic E-state index is -0.358. The van der Waals surface area contributed by atoms with Crippen molar-refractivity contribution in [1.29, 1.82) is 0 Å². The van der Waals surface area contributed by atoms with E-state index in [2.05, 4.69) is 11.7 Å². The maximum Gasteiger partial charge on any atom is 0.341 e. The lowest BCUT2D eigenvalue weighted by molar-refractivity contribution is 0.0517. The molecule has 1 aromatic heterocycles. The number of aryl methyl sites for hydroxylation is 1. The number of rotatable bonds is 7. The number of aromatic nitrogens is 2. The third kappa shape index (κ3) is 3.71. The first kappa shape index (κ1) is 13.4. The summed E-state index contributed by atoms with van der Waals surface area (Å²) in [5.74, 6) is -0.358. The first-order chi connectivity index (χ1) is 8.20. The molecule has 0 bridgehead atoms. The van der Waals surface area contributed by atoms with Crippen LogP contribution in [-0.2, 0) is 23.1 Å². The Labute approximate surface area is 101 Å². The molecule has 0 saturated heterocycles. The zero-order valence-electron chi connectivity index (χ0n) is 10.3. The Morgan fingerprint density at radius 2 is 2.41 bits per heavy atom. The van der Waals surface area contributed by atoms with Crippen LogP contribution >= 0.6 is 0 Å². The van der Waals surface area contributed by atoms with Gasteiger partial charge in [-0.25, -0.2) is 4.79 Å². The van der Waals surface area contributed by atoms with Gasteiger partial charge in [-0.05, 0) is 13.3 Å². The van der Waals surface area contributed by atoms with Crippen LogP contribution in [0.5, 0.6) is 0 Å². The molecule has 0 atom stereocenters. The van der Waals surface area contributed by atoms with Gasteiger partial charge in [0.2, 0.25) is 0 Å². The Bertz CT molecular complexity index is 385. The first-order valence-corrected chi connectivity index (χ1v) is 5.57. The van der Waals surface area contributed by atoms with E-state index in [1.54, 1.807) is 24.7 Å². The van der Waals surface area contributed by atoms with Gasteiger partial charge >= 0.3 is 5.97 Å². The Hall–Kier alpha value is -1.62. The lowest BCUT2D eigenvalue weighted by Crippen LogP contribution is -2.10. The molecule has 0 radical (unpaired) electrons. The van der Waals surface area contributed by atoms with Crippen molar-refractivity contribution in [2.75, 3.05) is 13.2 Å². The molecule has 0 spiro atoms. The van der Waals surface area contributed by atoms with Crippen LogP contribution in [0.2, 0.25) is 0 Å². The second kappa shape index (κ2) is 6.85. The quantitative estimate of drug-likeness (QED) is 0.412. The molecular formula is C12H18N2O3. The standard InChI is InChI=1S/C12H18N2O3/c1-4-6-7-16-9-11-10(8-13-14(11)3)12(15)17-5-2/h4,8H,1,5-7,9H2,2-3H3. The molecule has 94 valence electrons. The number of carbonyl (C=O) groups is 1. The van der Waals surface area contributed by atoms with Gasteiger partial charge < -0.3 is 9.47 Å². The molecule has 0 aliphatic heterocycles. The third-order valence-corrected chi connectivity index (χ3v) is 2.26. The maximum atomic E-state index is 11.6. The molecule has 1 rings (SSSR count). The van der Waals surface area contributed by atoms with Gasteiger partial charge in [0.05, 0.1) is 31.7 Å². The molecule has 0 aliphatic carbocycles. The lowest BCUT2D eigenvalue weighted by atomic mass is 10.2. The van der Waals surface area contributed by atoms with E-state index in [1.165, 1.54) is 6.20 Å². The Morgan fingerprint density at radius 3 is 3.06 bits per heavy atom. The van der Waals surface area contributed by atoms with Gasteiger partial charge in [-0.1, -0.05) is 6.08 Å². The molecule has 5 heteroatoms. The molecule has 0 fully saturated rings. The average molecular weight is 238 g/mol. The van der Waals surface area contributed by atoms with Gasteiger partial charge in [0, 0.05) is 7.05 Å². The molecule has 1 aromatic rings. The SMILES string of the molecule is C=CCCOCc1c(C(=O)OCC)cnn1C. The Balaban J connectivity index is 2.65. The zero-order valence-corrected chi connectivity index (χ0v) is 10.3. The van der Waals surface area contributed by atoms with E-state index in [1.807, 2.05) is 0 Å². The van der Waals surface area contributed by atoms with Gasteiger partial charge in [0.1, 0.15) is 5.56 Å². The van der Waals surface area contributed by atoms with E-state index in [9.17, 15) is 4.79 Å². The molecule has 5 nitrogen and oxygen atoms in total. The van der Waals surface area contributed by atoms with Crippen molar-refractivity contribution in [3.63, 3.8) is 0 Å². The summed E-state index contributed by atoms with van der Waals surface area (Å²) in [5.41, 5.74) is 1.19. The van der Waals surface area contributed by atoms with Gasteiger partial charge in [0.15, 0.2) is 0 Å². The molecule has 1 heterocycles. The van der Waals surface area contributed by atoms with Crippen molar-refractivity contribution in [3.05, 3.63) is 30.1 Å². The number of hydrogen-bond acceptors (Lipinski definition) is 4. The minimum Gasteiger partial charge on any atom is -0.462 e. The van der Waals surface area contributed by atoms with E-state index < -0.39 is 0 Å². The van der Waals surface area contributed by atoms with Crippen molar-refractivity contribution >= 4 is 5.97 Å². The van der Waals surface area contributed by atoms with E-state index in [-0.39, 0.29) is 5.97 Å². The molecular weight excluding hydrogens is 220 g/mol. The van der Waals surface area contributed by atoms with E-state index in [0.717, 1.165) is 12.1 Å². The monoisotopic (exact) mass is 238 g/mol. The van der Waals surface area contributed by atoms with Crippen LogP contribution in [0.15, 0.2) is 18.9 Å². The molecule has 0 aromatic carbocycles.